The normalized spacial score (nSPS) is 15.1. The zero-order valence-electron chi connectivity index (χ0n) is 19.6. The van der Waals surface area contributed by atoms with Crippen LogP contribution in [-0.2, 0) is 9.53 Å². The first-order chi connectivity index (χ1) is 16.7. The van der Waals surface area contributed by atoms with Crippen molar-refractivity contribution in [1.29, 1.82) is 0 Å². The molecule has 0 aromatic heterocycles. The first kappa shape index (κ1) is 23.9. The molecular weight excluding hydrogens is 422 g/mol. The van der Waals surface area contributed by atoms with Crippen LogP contribution in [0.3, 0.4) is 0 Å². The third-order valence-electron chi connectivity index (χ3n) is 6.47. The van der Waals surface area contributed by atoms with Crippen molar-refractivity contribution in [3.05, 3.63) is 119 Å². The molecular formula is C30H33NO3. The molecule has 34 heavy (non-hydrogen) atoms. The van der Waals surface area contributed by atoms with Gasteiger partial charge in [0.2, 0.25) is 0 Å². The van der Waals surface area contributed by atoms with E-state index in [-0.39, 0.29) is 18.4 Å². The molecule has 1 aliphatic heterocycles. The Morgan fingerprint density at radius 1 is 0.853 bits per heavy atom. The molecule has 0 aliphatic carbocycles. The Hall–Kier alpha value is -3.21. The number of aliphatic carboxylic acids is 1. The van der Waals surface area contributed by atoms with Gasteiger partial charge in [-0.3, -0.25) is 9.69 Å². The van der Waals surface area contributed by atoms with Crippen LogP contribution in [0.1, 0.15) is 48.0 Å². The second kappa shape index (κ2) is 12.3. The highest BCUT2D eigenvalue weighted by molar-refractivity contribution is 5.68. The molecule has 4 heteroatoms. The van der Waals surface area contributed by atoms with Gasteiger partial charge in [0.05, 0.1) is 13.0 Å². The highest BCUT2D eigenvalue weighted by Crippen LogP contribution is 2.27. The second-order valence-corrected chi connectivity index (χ2v) is 8.90. The number of carbonyl (C=O) groups is 1. The Balaban J connectivity index is 1.31. The van der Waals surface area contributed by atoms with Crippen molar-refractivity contribution in [1.82, 2.24) is 4.90 Å². The van der Waals surface area contributed by atoms with Gasteiger partial charge in [-0.25, -0.2) is 0 Å². The van der Waals surface area contributed by atoms with Crippen molar-refractivity contribution in [2.45, 2.75) is 31.3 Å². The number of nitrogens with zero attached hydrogens (tertiary/aromatic N) is 1. The van der Waals surface area contributed by atoms with E-state index < -0.39 is 5.97 Å². The summed E-state index contributed by atoms with van der Waals surface area (Å²) in [6, 6.07) is 30.8. The van der Waals surface area contributed by atoms with Gasteiger partial charge in [0.25, 0.3) is 0 Å². The molecule has 176 valence electrons. The summed E-state index contributed by atoms with van der Waals surface area (Å²) >= 11 is 0. The molecule has 1 N–H and O–H groups in total. The Labute approximate surface area is 202 Å². The van der Waals surface area contributed by atoms with Crippen molar-refractivity contribution < 1.29 is 14.6 Å². The SMILES string of the molecule is O=C(O)C[C@@H](CN1CC=C(CCOC(c2ccccc2)c2ccccc2)CC1)c1ccccc1. The van der Waals surface area contributed by atoms with Crippen molar-refractivity contribution >= 4 is 5.97 Å². The van der Waals surface area contributed by atoms with E-state index in [2.05, 4.69) is 59.5 Å². The number of rotatable bonds is 11. The van der Waals surface area contributed by atoms with Gasteiger partial charge in [0.1, 0.15) is 6.10 Å². The number of hydrogen-bond donors (Lipinski definition) is 1. The van der Waals surface area contributed by atoms with E-state index in [1.807, 2.05) is 42.5 Å². The van der Waals surface area contributed by atoms with E-state index in [0.29, 0.717) is 6.61 Å². The van der Waals surface area contributed by atoms with Gasteiger partial charge in [-0.05, 0) is 29.5 Å². The molecule has 1 heterocycles. The monoisotopic (exact) mass is 455 g/mol. The van der Waals surface area contributed by atoms with E-state index in [4.69, 9.17) is 4.74 Å². The fourth-order valence-corrected chi connectivity index (χ4v) is 4.63. The molecule has 4 rings (SSSR count). The van der Waals surface area contributed by atoms with E-state index in [0.717, 1.165) is 38.0 Å². The molecule has 3 aromatic rings. The summed E-state index contributed by atoms with van der Waals surface area (Å²) in [5, 5.41) is 9.38. The van der Waals surface area contributed by atoms with Crippen LogP contribution in [0.5, 0.6) is 0 Å². The van der Waals surface area contributed by atoms with Crippen LogP contribution in [0.2, 0.25) is 0 Å². The Bertz CT molecular complexity index is 1010. The van der Waals surface area contributed by atoms with Crippen LogP contribution in [0, 0.1) is 0 Å². The molecule has 1 aliphatic rings. The number of hydrogen-bond acceptors (Lipinski definition) is 3. The maximum absolute atomic E-state index is 11.4. The molecule has 0 spiro atoms. The molecule has 0 bridgehead atoms. The minimum absolute atomic E-state index is 0.00878. The quantitative estimate of drug-likeness (QED) is 0.356. The third-order valence-corrected chi connectivity index (χ3v) is 6.47. The van der Waals surface area contributed by atoms with Crippen LogP contribution in [0.4, 0.5) is 0 Å². The van der Waals surface area contributed by atoms with Gasteiger partial charge in [-0.1, -0.05) is 103 Å². The smallest absolute Gasteiger partial charge is 0.304 e. The summed E-state index contributed by atoms with van der Waals surface area (Å²) in [6.07, 6.45) is 4.31. The van der Waals surface area contributed by atoms with E-state index in [1.165, 1.54) is 16.7 Å². The lowest BCUT2D eigenvalue weighted by molar-refractivity contribution is -0.137. The average molecular weight is 456 g/mol. The van der Waals surface area contributed by atoms with Crippen molar-refractivity contribution in [3.8, 4) is 0 Å². The van der Waals surface area contributed by atoms with Crippen molar-refractivity contribution in [2.75, 3.05) is 26.2 Å². The van der Waals surface area contributed by atoms with E-state index in [9.17, 15) is 9.90 Å². The van der Waals surface area contributed by atoms with Crippen LogP contribution < -0.4 is 0 Å². The van der Waals surface area contributed by atoms with Gasteiger partial charge in [0.15, 0.2) is 0 Å². The van der Waals surface area contributed by atoms with Crippen molar-refractivity contribution in [2.24, 2.45) is 0 Å². The van der Waals surface area contributed by atoms with E-state index in [1.54, 1.807) is 0 Å². The molecule has 3 aromatic carbocycles. The zero-order chi connectivity index (χ0) is 23.6. The molecule has 0 unspecified atom stereocenters. The fraction of sp³-hybridized carbons (Fsp3) is 0.300. The van der Waals surface area contributed by atoms with Gasteiger partial charge >= 0.3 is 5.97 Å². The van der Waals surface area contributed by atoms with Crippen molar-refractivity contribution in [3.63, 3.8) is 0 Å². The summed E-state index contributed by atoms with van der Waals surface area (Å²) in [7, 11) is 0. The first-order valence-electron chi connectivity index (χ1n) is 12.1. The summed E-state index contributed by atoms with van der Waals surface area (Å²) in [4.78, 5) is 13.8. The lowest BCUT2D eigenvalue weighted by Crippen LogP contribution is -2.33. The minimum atomic E-state index is -0.745. The maximum Gasteiger partial charge on any atom is 0.304 e. The standard InChI is InChI=1S/C30H33NO3/c32-29(33)22-28(25-10-4-1-5-11-25)23-31-19-16-24(17-20-31)18-21-34-30(26-12-6-2-7-13-26)27-14-8-3-9-15-27/h1-16,28,30H,17-23H2,(H,32,33)/t28-/m0/s1. The van der Waals surface area contributed by atoms with Gasteiger partial charge < -0.3 is 9.84 Å². The molecule has 0 radical (unpaired) electrons. The Morgan fingerprint density at radius 3 is 1.91 bits per heavy atom. The molecule has 0 amide bonds. The first-order valence-corrected chi connectivity index (χ1v) is 12.1. The Morgan fingerprint density at radius 2 is 1.41 bits per heavy atom. The topological polar surface area (TPSA) is 49.8 Å². The number of carboxylic acid groups (broad SMARTS) is 1. The van der Waals surface area contributed by atoms with Gasteiger partial charge in [-0.2, -0.15) is 0 Å². The lowest BCUT2D eigenvalue weighted by atomic mass is 9.94. The Kier molecular flexibility index (Phi) is 8.66. The zero-order valence-corrected chi connectivity index (χ0v) is 19.6. The summed E-state index contributed by atoms with van der Waals surface area (Å²) in [5.74, 6) is -0.736. The van der Waals surface area contributed by atoms with Crippen LogP contribution in [-0.4, -0.2) is 42.2 Å². The molecule has 4 nitrogen and oxygen atoms in total. The number of ether oxygens (including phenoxy) is 1. The van der Waals surface area contributed by atoms with E-state index >= 15 is 0 Å². The van der Waals surface area contributed by atoms with Gasteiger partial charge in [-0.15, -0.1) is 0 Å². The van der Waals surface area contributed by atoms with Crippen LogP contribution in [0.15, 0.2) is 103 Å². The molecule has 0 fully saturated rings. The largest absolute Gasteiger partial charge is 0.481 e. The van der Waals surface area contributed by atoms with Crippen LogP contribution in [0.25, 0.3) is 0 Å². The van der Waals surface area contributed by atoms with Crippen LogP contribution >= 0.6 is 0 Å². The lowest BCUT2D eigenvalue weighted by Gasteiger charge is -2.30. The maximum atomic E-state index is 11.4. The highest BCUT2D eigenvalue weighted by Gasteiger charge is 2.21. The second-order valence-electron chi connectivity index (χ2n) is 8.90. The molecule has 0 saturated heterocycles. The highest BCUT2D eigenvalue weighted by atomic mass is 16.5. The summed E-state index contributed by atoms with van der Waals surface area (Å²) < 4.78 is 6.39. The third kappa shape index (κ3) is 6.89. The van der Waals surface area contributed by atoms with Gasteiger partial charge in [0, 0.05) is 25.6 Å². The number of benzene rings is 3. The average Bonchev–Trinajstić information content (AvgIpc) is 2.88. The predicted octanol–water partition coefficient (Wildman–Crippen LogP) is 6.07. The molecule has 0 saturated carbocycles. The predicted molar refractivity (Wildman–Crippen MR) is 136 cm³/mol. The number of carboxylic acids is 1. The summed E-state index contributed by atoms with van der Waals surface area (Å²) in [5.41, 5.74) is 4.86. The fourth-order valence-electron chi connectivity index (χ4n) is 4.63. The molecule has 1 atom stereocenters. The summed E-state index contributed by atoms with van der Waals surface area (Å²) in [6.45, 7) is 3.25. The minimum Gasteiger partial charge on any atom is -0.481 e.